The van der Waals surface area contributed by atoms with Gasteiger partial charge in [0.2, 0.25) is 0 Å². The first-order valence-electron chi connectivity index (χ1n) is 7.33. The molecule has 0 amide bonds. The maximum absolute atomic E-state index is 5.90. The third-order valence-corrected chi connectivity index (χ3v) is 20.2. The number of rotatable bonds is 10. The van der Waals surface area contributed by atoms with Crippen molar-refractivity contribution in [2.45, 2.75) is 68.0 Å². The molecule has 0 atom stereocenters. The quantitative estimate of drug-likeness (QED) is 0.385. The van der Waals surface area contributed by atoms with Crippen LogP contribution >= 0.6 is 12.7 Å². The zero-order valence-corrected chi connectivity index (χ0v) is 18.3. The first-order valence-corrected chi connectivity index (χ1v) is 22.8. The molecule has 0 fully saturated rings. The molecule has 108 valence electrons. The summed E-state index contributed by atoms with van der Waals surface area (Å²) >= 11 is 2.05. The van der Waals surface area contributed by atoms with E-state index in [1.807, 2.05) is 0 Å². The summed E-state index contributed by atoms with van der Waals surface area (Å²) in [6.45, 7) is 12.1. The molecule has 0 N–H and O–H groups in total. The van der Waals surface area contributed by atoms with Gasteiger partial charge in [-0.2, -0.15) is 0 Å². The van der Waals surface area contributed by atoms with Crippen molar-refractivity contribution in [2.75, 3.05) is 6.61 Å². The van der Waals surface area contributed by atoms with E-state index >= 15 is 0 Å². The van der Waals surface area contributed by atoms with Crippen molar-refractivity contribution in [1.29, 1.82) is 0 Å². The van der Waals surface area contributed by atoms with E-state index in [1.54, 1.807) is 0 Å². The van der Waals surface area contributed by atoms with Gasteiger partial charge in [0.05, 0.1) is 0 Å². The Kier molecular flexibility index (Phi) is 10.7. The molecule has 0 unspecified atom stereocenters. The zero-order chi connectivity index (χ0) is 14.1. The predicted octanol–water partition coefficient (Wildman–Crippen LogP) is 5.87. The van der Waals surface area contributed by atoms with Crippen LogP contribution in [0, 0.1) is 0 Å². The van der Waals surface area contributed by atoms with Crippen molar-refractivity contribution in [3.05, 3.63) is 10.2 Å². The van der Waals surface area contributed by atoms with Gasteiger partial charge in [0.1, 0.15) is 0 Å². The topological polar surface area (TPSA) is 9.23 Å². The first kappa shape index (κ1) is 19.2. The minimum absolute atomic E-state index is 0.818. The van der Waals surface area contributed by atoms with Crippen LogP contribution in [0.1, 0.15) is 39.5 Å². The second-order valence-corrected chi connectivity index (χ2v) is 30.9. The van der Waals surface area contributed by atoms with Gasteiger partial charge in [0.15, 0.2) is 0 Å². The Hall–Kier alpha value is 1.20. The zero-order valence-electron chi connectivity index (χ0n) is 12.9. The Bertz CT molecular complexity index is 230. The van der Waals surface area contributed by atoms with Gasteiger partial charge in [-0.3, -0.25) is 0 Å². The van der Waals surface area contributed by atoms with E-state index in [0.29, 0.717) is 0 Å². The van der Waals surface area contributed by atoms with Crippen LogP contribution in [0.5, 0.6) is 0 Å². The molecule has 18 heavy (non-hydrogen) atoms. The van der Waals surface area contributed by atoms with E-state index in [1.165, 1.54) is 34.6 Å². The van der Waals surface area contributed by atoms with Crippen LogP contribution in [0.2, 0.25) is 28.5 Å². The van der Waals surface area contributed by atoms with Gasteiger partial charge in [-0.1, -0.05) is 0 Å². The Morgan fingerprint density at radius 1 is 1.06 bits per heavy atom. The normalized spacial score (nSPS) is 13.4. The fourth-order valence-electron chi connectivity index (χ4n) is 1.79. The summed E-state index contributed by atoms with van der Waals surface area (Å²) in [6.07, 6.45) is 7.69. The maximum atomic E-state index is 5.90. The Balaban J connectivity index is 4.24. The van der Waals surface area contributed by atoms with Crippen molar-refractivity contribution < 1.29 is 4.43 Å². The molecule has 0 aromatic heterocycles. The Morgan fingerprint density at radius 3 is 1.94 bits per heavy atom. The van der Waals surface area contributed by atoms with Crippen LogP contribution in [0.4, 0.5) is 0 Å². The first-order chi connectivity index (χ1) is 8.33. The van der Waals surface area contributed by atoms with Gasteiger partial charge in [0, 0.05) is 0 Å². The van der Waals surface area contributed by atoms with Crippen LogP contribution < -0.4 is 0 Å². The minimum atomic E-state index is -2.10. The molecule has 0 spiro atoms. The fourth-order valence-corrected chi connectivity index (χ4v) is 15.9. The molecule has 0 bridgehead atoms. The van der Waals surface area contributed by atoms with E-state index in [9.17, 15) is 0 Å². The van der Waals surface area contributed by atoms with Gasteiger partial charge in [-0.05, 0) is 0 Å². The van der Waals surface area contributed by atoms with E-state index in [-0.39, 0.29) is 0 Å². The second kappa shape index (κ2) is 10.00. The molecule has 0 heterocycles. The molecule has 0 aliphatic heterocycles. The predicted molar refractivity (Wildman–Crippen MR) is 92.5 cm³/mol. The SMILES string of the molecule is CCC[CH2][Sn]([Br])(/[CH]=C\CO[Si](C)(C)C)[CH2]CCC. The van der Waals surface area contributed by atoms with Crippen molar-refractivity contribution in [2.24, 2.45) is 0 Å². The third-order valence-electron chi connectivity index (χ3n) is 2.92. The monoisotopic (exact) mass is 442 g/mol. The standard InChI is InChI=1S/C6H13OSi.2C4H9.BrH.Sn/c1-5-6-7-8(2,3)4;2*1-3-4-2;;/h1,5H,6H2,2-4H3;2*1,3-4H2,2H3;1H;/q;;;;+1/p-1. The van der Waals surface area contributed by atoms with E-state index in [0.717, 1.165) is 6.61 Å². The molecule has 1 nitrogen and oxygen atoms in total. The third kappa shape index (κ3) is 11.1. The van der Waals surface area contributed by atoms with E-state index < -0.39 is 24.5 Å². The molecule has 0 aliphatic carbocycles. The van der Waals surface area contributed by atoms with Crippen LogP contribution in [0.3, 0.4) is 0 Å². The summed E-state index contributed by atoms with van der Waals surface area (Å²) in [5.74, 6) is 0. The molecular weight excluding hydrogens is 411 g/mol. The van der Waals surface area contributed by atoms with Crippen LogP contribution in [0.15, 0.2) is 10.2 Å². The summed E-state index contributed by atoms with van der Waals surface area (Å²) in [4.78, 5) is 0. The van der Waals surface area contributed by atoms with Crippen molar-refractivity contribution in [3.63, 3.8) is 0 Å². The van der Waals surface area contributed by atoms with Gasteiger partial charge in [-0.15, -0.1) is 0 Å². The number of hydrogen-bond acceptors (Lipinski definition) is 1. The van der Waals surface area contributed by atoms with Gasteiger partial charge in [-0.25, -0.2) is 0 Å². The Labute approximate surface area is 126 Å². The van der Waals surface area contributed by atoms with Gasteiger partial charge < -0.3 is 0 Å². The summed E-state index contributed by atoms with van der Waals surface area (Å²) in [7, 11) is -1.35. The van der Waals surface area contributed by atoms with Gasteiger partial charge >= 0.3 is 126 Å². The summed E-state index contributed by atoms with van der Waals surface area (Å²) in [6, 6.07) is 0. The fraction of sp³-hybridized carbons (Fsp3) is 0.857. The number of unbranched alkanes of at least 4 members (excludes halogenated alkanes) is 2. The molecule has 0 rings (SSSR count). The summed E-state index contributed by atoms with van der Waals surface area (Å²) in [5.41, 5.74) is 0. The Morgan fingerprint density at radius 2 is 1.56 bits per heavy atom. The number of hydrogen-bond donors (Lipinski definition) is 0. The van der Waals surface area contributed by atoms with Crippen LogP contribution in [0.25, 0.3) is 0 Å². The molecular formula is C14H31BrOSiSn. The van der Waals surface area contributed by atoms with Crippen molar-refractivity contribution >= 4 is 37.2 Å². The van der Waals surface area contributed by atoms with Crippen molar-refractivity contribution in [3.8, 4) is 0 Å². The van der Waals surface area contributed by atoms with Crippen LogP contribution in [-0.4, -0.2) is 31.1 Å². The molecule has 0 aliphatic rings. The molecule has 0 radical (unpaired) electrons. The average molecular weight is 442 g/mol. The van der Waals surface area contributed by atoms with E-state index in [4.69, 9.17) is 4.43 Å². The average Bonchev–Trinajstić information content (AvgIpc) is 2.29. The molecule has 4 heteroatoms. The van der Waals surface area contributed by atoms with Crippen LogP contribution in [-0.2, 0) is 4.43 Å². The van der Waals surface area contributed by atoms with Crippen molar-refractivity contribution in [1.82, 2.24) is 0 Å². The second-order valence-electron chi connectivity index (χ2n) is 6.07. The molecule has 0 aromatic rings. The molecule has 0 aromatic carbocycles. The van der Waals surface area contributed by atoms with Gasteiger partial charge in [0.25, 0.3) is 0 Å². The molecule has 0 saturated carbocycles. The van der Waals surface area contributed by atoms with E-state index in [2.05, 4.69) is 56.4 Å². The summed E-state index contributed by atoms with van der Waals surface area (Å²) < 4.78 is 11.3. The molecule has 0 saturated heterocycles. The number of halogens is 1. The summed E-state index contributed by atoms with van der Waals surface area (Å²) in [5, 5.41) is 0.